The average Bonchev–Trinajstić information content (AvgIpc) is 2.47. The minimum absolute atomic E-state index is 0.353. The summed E-state index contributed by atoms with van der Waals surface area (Å²) in [5, 5.41) is 12.9. The molecule has 0 aliphatic rings. The van der Waals surface area contributed by atoms with Crippen molar-refractivity contribution in [3.8, 4) is 5.82 Å². The minimum atomic E-state index is 0.353. The van der Waals surface area contributed by atoms with Crippen molar-refractivity contribution in [2.75, 3.05) is 0 Å². The zero-order valence-corrected chi connectivity index (χ0v) is 9.71. The SMILES string of the molecule is Cc1nn(-c2ccc(Cl)nn2)c(C)c1Cl. The van der Waals surface area contributed by atoms with E-state index in [4.69, 9.17) is 23.2 Å². The Hall–Kier alpha value is -1.13. The predicted molar refractivity (Wildman–Crippen MR) is 58.6 cm³/mol. The van der Waals surface area contributed by atoms with E-state index in [2.05, 4.69) is 15.3 Å². The fourth-order valence-corrected chi connectivity index (χ4v) is 1.49. The van der Waals surface area contributed by atoms with Gasteiger partial charge in [-0.1, -0.05) is 23.2 Å². The third-order valence-electron chi connectivity index (χ3n) is 2.04. The third kappa shape index (κ3) is 1.82. The van der Waals surface area contributed by atoms with Crippen LogP contribution in [-0.2, 0) is 0 Å². The highest BCUT2D eigenvalue weighted by Crippen LogP contribution is 2.21. The first-order valence-electron chi connectivity index (χ1n) is 4.31. The predicted octanol–water partition coefficient (Wildman–Crippen LogP) is 2.59. The van der Waals surface area contributed by atoms with Gasteiger partial charge in [-0.2, -0.15) is 5.10 Å². The van der Waals surface area contributed by atoms with Crippen molar-refractivity contribution in [1.82, 2.24) is 20.0 Å². The molecular weight excluding hydrogens is 235 g/mol. The van der Waals surface area contributed by atoms with Crippen LogP contribution in [0.1, 0.15) is 11.4 Å². The van der Waals surface area contributed by atoms with Gasteiger partial charge in [0.15, 0.2) is 11.0 Å². The molecule has 0 aliphatic heterocycles. The van der Waals surface area contributed by atoms with Gasteiger partial charge in [0, 0.05) is 0 Å². The lowest BCUT2D eigenvalue weighted by Crippen LogP contribution is -2.02. The second kappa shape index (κ2) is 3.79. The Labute approximate surface area is 96.8 Å². The van der Waals surface area contributed by atoms with Gasteiger partial charge in [0.25, 0.3) is 0 Å². The summed E-state index contributed by atoms with van der Waals surface area (Å²) in [6, 6.07) is 3.40. The lowest BCUT2D eigenvalue weighted by atomic mass is 10.4. The second-order valence-electron chi connectivity index (χ2n) is 3.11. The van der Waals surface area contributed by atoms with Crippen LogP contribution in [0, 0.1) is 13.8 Å². The molecule has 0 bridgehead atoms. The van der Waals surface area contributed by atoms with Crippen LogP contribution >= 0.6 is 23.2 Å². The van der Waals surface area contributed by atoms with Crippen LogP contribution in [0.15, 0.2) is 12.1 Å². The summed E-state index contributed by atoms with van der Waals surface area (Å²) in [6.07, 6.45) is 0. The molecule has 0 atom stereocenters. The molecule has 2 aromatic rings. The number of hydrogen-bond donors (Lipinski definition) is 0. The van der Waals surface area contributed by atoms with Crippen molar-refractivity contribution in [2.24, 2.45) is 0 Å². The molecule has 2 heterocycles. The first-order chi connectivity index (χ1) is 7.09. The van der Waals surface area contributed by atoms with Crippen LogP contribution in [0.5, 0.6) is 0 Å². The smallest absolute Gasteiger partial charge is 0.176 e. The largest absolute Gasteiger partial charge is 0.216 e. The lowest BCUT2D eigenvalue weighted by molar-refractivity contribution is 0.782. The van der Waals surface area contributed by atoms with Gasteiger partial charge >= 0.3 is 0 Å². The highest BCUT2D eigenvalue weighted by Gasteiger charge is 2.11. The maximum Gasteiger partial charge on any atom is 0.176 e. The van der Waals surface area contributed by atoms with Gasteiger partial charge in [0.1, 0.15) is 0 Å². The molecule has 0 N–H and O–H groups in total. The van der Waals surface area contributed by atoms with E-state index in [-0.39, 0.29) is 0 Å². The molecule has 0 unspecified atom stereocenters. The molecule has 0 fully saturated rings. The lowest BCUT2D eigenvalue weighted by Gasteiger charge is -2.01. The highest BCUT2D eigenvalue weighted by atomic mass is 35.5. The van der Waals surface area contributed by atoms with E-state index in [0.717, 1.165) is 11.4 Å². The average molecular weight is 243 g/mol. The number of aryl methyl sites for hydroxylation is 1. The quantitative estimate of drug-likeness (QED) is 0.773. The van der Waals surface area contributed by atoms with Crippen molar-refractivity contribution < 1.29 is 0 Å². The molecule has 0 amide bonds. The normalized spacial score (nSPS) is 10.7. The van der Waals surface area contributed by atoms with Crippen molar-refractivity contribution in [3.63, 3.8) is 0 Å². The first-order valence-corrected chi connectivity index (χ1v) is 5.06. The zero-order valence-electron chi connectivity index (χ0n) is 8.20. The fourth-order valence-electron chi connectivity index (χ4n) is 1.27. The molecule has 0 spiro atoms. The Morgan fingerprint density at radius 2 is 1.87 bits per heavy atom. The van der Waals surface area contributed by atoms with Crippen molar-refractivity contribution >= 4 is 23.2 Å². The van der Waals surface area contributed by atoms with Gasteiger partial charge < -0.3 is 0 Å². The summed E-state index contributed by atoms with van der Waals surface area (Å²) in [5.74, 6) is 0.604. The first kappa shape index (κ1) is 10.4. The van der Waals surface area contributed by atoms with E-state index in [1.807, 2.05) is 13.8 Å². The van der Waals surface area contributed by atoms with Gasteiger partial charge in [-0.05, 0) is 26.0 Å². The minimum Gasteiger partial charge on any atom is -0.216 e. The Morgan fingerprint density at radius 3 is 2.33 bits per heavy atom. The Balaban J connectivity index is 2.54. The Morgan fingerprint density at radius 1 is 1.13 bits per heavy atom. The van der Waals surface area contributed by atoms with E-state index in [1.165, 1.54) is 0 Å². The van der Waals surface area contributed by atoms with Crippen LogP contribution in [0.4, 0.5) is 0 Å². The molecule has 6 heteroatoms. The molecule has 2 aromatic heterocycles. The highest BCUT2D eigenvalue weighted by molar-refractivity contribution is 6.31. The topological polar surface area (TPSA) is 43.6 Å². The number of halogens is 2. The van der Waals surface area contributed by atoms with Crippen LogP contribution in [0.25, 0.3) is 5.82 Å². The van der Waals surface area contributed by atoms with Gasteiger partial charge in [0.05, 0.1) is 16.4 Å². The van der Waals surface area contributed by atoms with Crippen molar-refractivity contribution in [3.05, 3.63) is 33.7 Å². The van der Waals surface area contributed by atoms with Gasteiger partial charge in [-0.3, -0.25) is 0 Å². The molecule has 4 nitrogen and oxygen atoms in total. The van der Waals surface area contributed by atoms with Crippen LogP contribution in [0.3, 0.4) is 0 Å². The van der Waals surface area contributed by atoms with Gasteiger partial charge in [0.2, 0.25) is 0 Å². The third-order valence-corrected chi connectivity index (χ3v) is 2.79. The molecule has 2 rings (SSSR count). The summed E-state index contributed by atoms with van der Waals surface area (Å²) in [7, 11) is 0. The zero-order chi connectivity index (χ0) is 11.0. The molecule has 0 saturated carbocycles. The van der Waals surface area contributed by atoms with Crippen LogP contribution in [0.2, 0.25) is 10.2 Å². The molecule has 0 radical (unpaired) electrons. The van der Waals surface area contributed by atoms with E-state index in [9.17, 15) is 0 Å². The monoisotopic (exact) mass is 242 g/mol. The molecule has 15 heavy (non-hydrogen) atoms. The van der Waals surface area contributed by atoms with E-state index in [1.54, 1.807) is 16.8 Å². The second-order valence-corrected chi connectivity index (χ2v) is 3.88. The summed E-state index contributed by atoms with van der Waals surface area (Å²) in [5.41, 5.74) is 1.61. The van der Waals surface area contributed by atoms with E-state index in [0.29, 0.717) is 16.0 Å². The number of aromatic nitrogens is 4. The van der Waals surface area contributed by atoms with Crippen LogP contribution in [-0.4, -0.2) is 20.0 Å². The Kier molecular flexibility index (Phi) is 2.63. The van der Waals surface area contributed by atoms with Crippen molar-refractivity contribution in [2.45, 2.75) is 13.8 Å². The number of nitrogens with zero attached hydrogens (tertiary/aromatic N) is 4. The van der Waals surface area contributed by atoms with E-state index >= 15 is 0 Å². The van der Waals surface area contributed by atoms with Crippen molar-refractivity contribution in [1.29, 1.82) is 0 Å². The van der Waals surface area contributed by atoms with E-state index < -0.39 is 0 Å². The maximum atomic E-state index is 6.02. The van der Waals surface area contributed by atoms with Crippen LogP contribution < -0.4 is 0 Å². The molecule has 78 valence electrons. The number of hydrogen-bond acceptors (Lipinski definition) is 3. The molecule has 0 aromatic carbocycles. The summed E-state index contributed by atoms with van der Waals surface area (Å²) < 4.78 is 1.64. The molecule has 0 aliphatic carbocycles. The number of rotatable bonds is 1. The maximum absolute atomic E-state index is 6.02. The molecular formula is C9H8Cl2N4. The Bertz CT molecular complexity index is 490. The summed E-state index contributed by atoms with van der Waals surface area (Å²) >= 11 is 11.7. The molecule has 0 saturated heterocycles. The van der Waals surface area contributed by atoms with Gasteiger partial charge in [-0.15, -0.1) is 10.2 Å². The van der Waals surface area contributed by atoms with Gasteiger partial charge in [-0.25, -0.2) is 4.68 Å². The summed E-state index contributed by atoms with van der Waals surface area (Å²) in [6.45, 7) is 3.72. The fraction of sp³-hybridized carbons (Fsp3) is 0.222. The standard InChI is InChI=1S/C9H8Cl2N4/c1-5-9(11)6(2)15(14-5)8-4-3-7(10)12-13-8/h3-4H,1-2H3. The summed E-state index contributed by atoms with van der Waals surface area (Å²) in [4.78, 5) is 0.